The Balaban J connectivity index is 1.46. The molecule has 4 rings (SSSR count). The first-order valence-electron chi connectivity index (χ1n) is 16.1. The molecule has 3 aromatic rings. The van der Waals surface area contributed by atoms with Crippen LogP contribution in [0.25, 0.3) is 0 Å². The van der Waals surface area contributed by atoms with Crippen molar-refractivity contribution >= 4 is 28.9 Å². The van der Waals surface area contributed by atoms with Crippen LogP contribution in [0.15, 0.2) is 48.7 Å². The van der Waals surface area contributed by atoms with Gasteiger partial charge in [0.25, 0.3) is 5.91 Å². The second-order valence-corrected chi connectivity index (χ2v) is 15.8. The van der Waals surface area contributed by atoms with Crippen LogP contribution in [-0.2, 0) is 33.5 Å². The Labute approximate surface area is 282 Å². The molecule has 9 nitrogen and oxygen atoms in total. The number of likely N-dealkylation sites (tertiary alicyclic amines) is 1. The van der Waals surface area contributed by atoms with Crippen LogP contribution < -0.4 is 14.8 Å². The number of methoxy groups -OCH3 is 1. The molecule has 0 aliphatic carbocycles. The van der Waals surface area contributed by atoms with Crippen molar-refractivity contribution in [1.82, 2.24) is 9.88 Å². The maximum atomic E-state index is 13.6. The Hall–Kier alpha value is -3.76. The van der Waals surface area contributed by atoms with Crippen molar-refractivity contribution in [3.63, 3.8) is 0 Å². The van der Waals surface area contributed by atoms with E-state index in [1.807, 2.05) is 58.0 Å². The fourth-order valence-electron chi connectivity index (χ4n) is 5.53. The minimum absolute atomic E-state index is 0.193. The van der Waals surface area contributed by atoms with Gasteiger partial charge in [0.2, 0.25) is 0 Å². The van der Waals surface area contributed by atoms with E-state index >= 15 is 0 Å². The fraction of sp³-hybridized carbons (Fsp3) is 0.486. The molecule has 1 aromatic heterocycles. The Kier molecular flexibility index (Phi) is 11.5. The van der Waals surface area contributed by atoms with Gasteiger partial charge < -0.3 is 29.0 Å². The summed E-state index contributed by atoms with van der Waals surface area (Å²) >= 11 is -1.09. The van der Waals surface area contributed by atoms with Crippen LogP contribution in [-0.4, -0.2) is 58.5 Å². The molecule has 2 amide bonds. The molecular formula is C37H49N3O6S. The SMILES string of the molecule is COc1c(C[S+](C)[O-])cc(C(C)(C)C)cc1NC(=O)c1ccc(C)c(Oc2ccnc(CC3CCN(C(=O)OC(C)(C)C)CC3)c2)c1. The average Bonchev–Trinajstić information content (AvgIpc) is 2.97. The van der Waals surface area contributed by atoms with Gasteiger partial charge in [0.15, 0.2) is 0 Å². The molecule has 0 spiro atoms. The molecule has 1 aliphatic rings. The summed E-state index contributed by atoms with van der Waals surface area (Å²) in [5, 5.41) is 3.03. The second-order valence-electron chi connectivity index (χ2n) is 14.3. The van der Waals surface area contributed by atoms with Crippen molar-refractivity contribution in [3.8, 4) is 17.2 Å². The van der Waals surface area contributed by atoms with Crippen molar-refractivity contribution in [1.29, 1.82) is 0 Å². The van der Waals surface area contributed by atoms with E-state index in [4.69, 9.17) is 14.2 Å². The molecule has 1 unspecified atom stereocenters. The van der Waals surface area contributed by atoms with Crippen LogP contribution in [0.3, 0.4) is 0 Å². The van der Waals surface area contributed by atoms with Gasteiger partial charge in [-0.05, 0) is 99.7 Å². The summed E-state index contributed by atoms with van der Waals surface area (Å²) in [6, 6.07) is 13.0. The second kappa shape index (κ2) is 15.0. The van der Waals surface area contributed by atoms with Crippen LogP contribution in [0.4, 0.5) is 10.5 Å². The topological polar surface area (TPSA) is 113 Å². The van der Waals surface area contributed by atoms with Gasteiger partial charge in [0, 0.05) is 42.2 Å². The lowest BCUT2D eigenvalue weighted by Crippen LogP contribution is -2.42. The number of nitrogens with one attached hydrogen (secondary N) is 1. The molecule has 1 atom stereocenters. The third-order valence-corrected chi connectivity index (χ3v) is 8.79. The molecule has 0 saturated carbocycles. The molecule has 10 heteroatoms. The van der Waals surface area contributed by atoms with Gasteiger partial charge in [0.05, 0.1) is 19.1 Å². The lowest BCUT2D eigenvalue weighted by Gasteiger charge is -2.33. The summed E-state index contributed by atoms with van der Waals surface area (Å²) < 4.78 is 29.7. The van der Waals surface area contributed by atoms with Crippen LogP contribution in [0, 0.1) is 12.8 Å². The molecule has 1 fully saturated rings. The van der Waals surface area contributed by atoms with Crippen LogP contribution in [0.5, 0.6) is 17.2 Å². The monoisotopic (exact) mass is 663 g/mol. The summed E-state index contributed by atoms with van der Waals surface area (Å²) in [7, 11) is 1.55. The number of nitrogens with zero attached hydrogens (tertiary/aromatic N) is 2. The minimum atomic E-state index is -1.09. The van der Waals surface area contributed by atoms with Gasteiger partial charge >= 0.3 is 6.09 Å². The highest BCUT2D eigenvalue weighted by Gasteiger charge is 2.27. The largest absolute Gasteiger partial charge is 0.616 e. The molecule has 1 saturated heterocycles. The zero-order valence-electron chi connectivity index (χ0n) is 29.2. The third-order valence-electron chi connectivity index (χ3n) is 8.07. The number of amides is 2. The predicted molar refractivity (Wildman–Crippen MR) is 187 cm³/mol. The lowest BCUT2D eigenvalue weighted by atomic mass is 9.85. The number of hydrogen-bond acceptors (Lipinski definition) is 7. The highest BCUT2D eigenvalue weighted by atomic mass is 32.2. The standard InChI is InChI=1S/C37H49N3O6S/c1-24-10-11-26(34(41)39-31-21-28(36(2,3)4)19-27(23-47(9)43)33(31)44-8)20-32(24)45-30-12-15-38-29(22-30)18-25-13-16-40(17-14-25)35(42)46-37(5,6)7/h10-12,15,19-22,25H,13-14,16-18,23H2,1-9H3,(H,39,41). The van der Waals surface area contributed by atoms with E-state index in [1.54, 1.807) is 36.6 Å². The summed E-state index contributed by atoms with van der Waals surface area (Å²) in [4.78, 5) is 32.4. The Morgan fingerprint density at radius 3 is 2.36 bits per heavy atom. The van der Waals surface area contributed by atoms with Gasteiger partial charge in [-0.25, -0.2) is 4.79 Å². The van der Waals surface area contributed by atoms with E-state index in [9.17, 15) is 14.1 Å². The maximum absolute atomic E-state index is 13.6. The van der Waals surface area contributed by atoms with Gasteiger partial charge in [-0.3, -0.25) is 9.78 Å². The van der Waals surface area contributed by atoms with Crippen LogP contribution in [0.1, 0.15) is 87.1 Å². The van der Waals surface area contributed by atoms with E-state index in [0.717, 1.165) is 41.6 Å². The Bertz CT molecular complexity index is 1570. The zero-order chi connectivity index (χ0) is 34.5. The number of ether oxygens (including phenoxy) is 3. The van der Waals surface area contributed by atoms with E-state index < -0.39 is 16.8 Å². The molecule has 0 radical (unpaired) electrons. The number of anilines is 1. The smallest absolute Gasteiger partial charge is 0.410 e. The molecule has 1 N–H and O–H groups in total. The molecule has 2 aromatic carbocycles. The summed E-state index contributed by atoms with van der Waals surface area (Å²) in [6.45, 7) is 15.2. The van der Waals surface area contributed by atoms with Crippen LogP contribution in [0.2, 0.25) is 0 Å². The Morgan fingerprint density at radius 1 is 1.04 bits per heavy atom. The number of pyridine rings is 1. The first-order valence-corrected chi connectivity index (χ1v) is 17.8. The van der Waals surface area contributed by atoms with E-state index in [1.165, 1.54) is 0 Å². The first kappa shape index (κ1) is 36.1. The number of aromatic nitrogens is 1. The van der Waals surface area contributed by atoms with Crippen molar-refractivity contribution < 1.29 is 28.4 Å². The first-order chi connectivity index (χ1) is 22.0. The lowest BCUT2D eigenvalue weighted by molar-refractivity contribution is 0.0184. The Morgan fingerprint density at radius 2 is 1.74 bits per heavy atom. The number of aryl methyl sites for hydroxylation is 1. The van der Waals surface area contributed by atoms with Gasteiger partial charge in [0.1, 0.15) is 28.6 Å². The van der Waals surface area contributed by atoms with Crippen molar-refractivity contribution in [2.75, 3.05) is 31.8 Å². The number of rotatable bonds is 9. The van der Waals surface area contributed by atoms with Gasteiger partial charge in [-0.15, -0.1) is 0 Å². The molecule has 254 valence electrons. The summed E-state index contributed by atoms with van der Waals surface area (Å²) in [6.07, 6.45) is 5.67. The fourth-order valence-corrected chi connectivity index (χ4v) is 6.18. The number of hydrogen-bond donors (Lipinski definition) is 1. The highest BCUT2D eigenvalue weighted by molar-refractivity contribution is 7.89. The summed E-state index contributed by atoms with van der Waals surface area (Å²) in [5.74, 6) is 2.12. The van der Waals surface area contributed by atoms with E-state index in [-0.39, 0.29) is 17.4 Å². The quantitative estimate of drug-likeness (QED) is 0.232. The molecule has 1 aliphatic heterocycles. The third kappa shape index (κ3) is 10.1. The molecular weight excluding hydrogens is 614 g/mol. The van der Waals surface area contributed by atoms with Crippen LogP contribution >= 0.6 is 0 Å². The van der Waals surface area contributed by atoms with E-state index in [0.29, 0.717) is 53.3 Å². The molecule has 2 heterocycles. The molecule has 0 bridgehead atoms. The van der Waals surface area contributed by atoms with Gasteiger partial charge in [-0.2, -0.15) is 0 Å². The maximum Gasteiger partial charge on any atom is 0.410 e. The van der Waals surface area contributed by atoms with Crippen molar-refractivity contribution in [2.45, 2.75) is 84.5 Å². The number of benzene rings is 2. The molecule has 47 heavy (non-hydrogen) atoms. The number of piperidine rings is 1. The van der Waals surface area contributed by atoms with Crippen molar-refractivity contribution in [3.05, 3.63) is 76.6 Å². The van der Waals surface area contributed by atoms with Gasteiger partial charge in [-0.1, -0.05) is 38.0 Å². The zero-order valence-corrected chi connectivity index (χ0v) is 30.0. The average molecular weight is 664 g/mol. The van der Waals surface area contributed by atoms with Crippen molar-refractivity contribution in [2.24, 2.45) is 5.92 Å². The highest BCUT2D eigenvalue weighted by Crippen LogP contribution is 2.37. The number of carbonyl (C=O) groups excluding carboxylic acids is 2. The summed E-state index contributed by atoms with van der Waals surface area (Å²) in [5.41, 5.74) is 3.85. The normalized spacial score (nSPS) is 14.8. The minimum Gasteiger partial charge on any atom is -0.616 e. The van der Waals surface area contributed by atoms with E-state index in [2.05, 4.69) is 31.1 Å². The number of carbonyl (C=O) groups is 2. The predicted octanol–water partition coefficient (Wildman–Crippen LogP) is 7.81.